The van der Waals surface area contributed by atoms with Crippen LogP contribution in [0.15, 0.2) is 119 Å². The highest BCUT2D eigenvalue weighted by Gasteiger charge is 2.28. The zero-order valence-corrected chi connectivity index (χ0v) is 62.5. The fourth-order valence-corrected chi connectivity index (χ4v) is 16.0. The molecule has 3 fully saturated rings. The van der Waals surface area contributed by atoms with Crippen molar-refractivity contribution in [3.63, 3.8) is 0 Å². The second-order valence-electron chi connectivity index (χ2n) is 24.3. The smallest absolute Gasteiger partial charge is 0.294 e. The van der Waals surface area contributed by atoms with Gasteiger partial charge in [-0.1, -0.05) is 65.8 Å². The van der Waals surface area contributed by atoms with E-state index in [1.54, 1.807) is 38.1 Å². The minimum atomic E-state index is -4.60. The van der Waals surface area contributed by atoms with Crippen LogP contribution in [0.5, 0.6) is 11.5 Å². The maximum Gasteiger partial charge on any atom is 0.294 e. The van der Waals surface area contributed by atoms with Gasteiger partial charge < -0.3 is 50.3 Å². The van der Waals surface area contributed by atoms with Gasteiger partial charge in [0.1, 0.15) is 34.5 Å². The molecular formula is C69H83N17O12S5. The molecule has 0 radical (unpaired) electrons. The molecule has 546 valence electrons. The Morgan fingerprint density at radius 3 is 1.33 bits per heavy atom. The number of methoxy groups -OCH3 is 2. The summed E-state index contributed by atoms with van der Waals surface area (Å²) in [5.41, 5.74) is 2.57. The van der Waals surface area contributed by atoms with Crippen LogP contribution < -0.4 is 50.3 Å². The first-order valence-corrected chi connectivity index (χ1v) is 39.3. The molecule has 34 heteroatoms. The number of amides is 2. The van der Waals surface area contributed by atoms with Gasteiger partial charge in [0.05, 0.1) is 67.7 Å². The topological polar surface area (TPSA) is 370 Å². The number of hydrogen-bond donors (Lipinski definition) is 6. The van der Waals surface area contributed by atoms with Crippen LogP contribution in [0, 0.1) is 0 Å². The van der Waals surface area contributed by atoms with Crippen molar-refractivity contribution in [3.8, 4) is 11.5 Å². The van der Waals surface area contributed by atoms with E-state index in [4.69, 9.17) is 54.9 Å². The van der Waals surface area contributed by atoms with Gasteiger partial charge in [0.15, 0.2) is 16.7 Å². The van der Waals surface area contributed by atoms with E-state index in [-0.39, 0.29) is 49.9 Å². The van der Waals surface area contributed by atoms with E-state index in [2.05, 4.69) is 40.9 Å². The Bertz CT molecular complexity index is 4360. The number of anilines is 10. The second kappa shape index (κ2) is 34.8. The number of thiazole rings is 2. The first-order valence-electron chi connectivity index (χ1n) is 33.9. The Labute approximate surface area is 610 Å². The monoisotopic (exact) mass is 1500 g/mol. The molecule has 5 heterocycles. The molecule has 2 aliphatic heterocycles. The molecule has 7 aromatic rings. The molecule has 2 saturated heterocycles. The standard InChI is InChI=1S/C69H83N17O12S5/c1-9-83(10-2)55-38-51(53(40-57(55)97-7)79-81-68-74-61(85-30-18-14-19-31-85)59(100-68)36-49(42(5)87)63(89)70-44-24-22-28-47(34-44)102(91,92)93)72-65-76-66(78-67(77-65)99-46-26-16-13-17-27-46)73-52-39-56(84(11-3)12-4)58(98-8)41-54(52)80-82-69-75-62(86-32-20-15-21-33-86)60(101-69)37-50(43(6)88)64(90)71-45-25-23-29-48(35-45)103(94,95)96/h22-25,28-29,34-41,46H,9-21,26-27,30-33H2,1-8H3,(H,70,89)(H,71,90)(H,91,92,93)(H,94,95,96)(H2,72,73,76,77,78)/b49-36-,50-37+,81-79?,82-80?. The molecule has 4 aromatic carbocycles. The second-order valence-corrected chi connectivity index (χ2v) is 30.5. The highest BCUT2D eigenvalue weighted by Crippen LogP contribution is 2.45. The van der Waals surface area contributed by atoms with E-state index in [0.29, 0.717) is 113 Å². The molecule has 10 rings (SSSR count). The number of hydrogen-bond acceptors (Lipinski definition) is 28. The van der Waals surface area contributed by atoms with Gasteiger partial charge in [0.2, 0.25) is 22.2 Å². The van der Waals surface area contributed by atoms with E-state index in [1.165, 1.54) is 62.4 Å². The maximum absolute atomic E-state index is 13.9. The van der Waals surface area contributed by atoms with Crippen molar-refractivity contribution in [2.24, 2.45) is 20.5 Å². The van der Waals surface area contributed by atoms with Crippen molar-refractivity contribution >= 4 is 169 Å². The molecule has 0 spiro atoms. The summed E-state index contributed by atoms with van der Waals surface area (Å²) in [6.07, 6.45) is 13.6. The van der Waals surface area contributed by atoms with E-state index < -0.39 is 53.4 Å². The Balaban J connectivity index is 1.04. The third-order valence-electron chi connectivity index (χ3n) is 17.4. The van der Waals surface area contributed by atoms with Crippen LogP contribution in [0.2, 0.25) is 0 Å². The predicted molar refractivity (Wildman–Crippen MR) is 404 cm³/mol. The quantitative estimate of drug-likeness (QED) is 0.00800. The molecule has 1 aliphatic carbocycles. The van der Waals surface area contributed by atoms with Gasteiger partial charge in [-0.2, -0.15) is 41.8 Å². The normalized spacial score (nSPS) is 15.0. The number of Topliss-reactive ketones (excluding diaryl/α,β-unsaturated/α-hetero) is 2. The summed E-state index contributed by atoms with van der Waals surface area (Å²) in [6, 6.07) is 17.4. The summed E-state index contributed by atoms with van der Waals surface area (Å²) in [5, 5.41) is 32.3. The molecule has 0 unspecified atom stereocenters. The van der Waals surface area contributed by atoms with Crippen LogP contribution in [0.25, 0.3) is 12.2 Å². The third-order valence-corrected chi connectivity index (χ3v) is 22.0. The van der Waals surface area contributed by atoms with E-state index in [0.717, 1.165) is 117 Å². The number of azo groups is 2. The first kappa shape index (κ1) is 76.3. The fraction of sp³-hybridized carbons (Fsp3) is 0.406. The third kappa shape index (κ3) is 19.7. The molecule has 103 heavy (non-hydrogen) atoms. The van der Waals surface area contributed by atoms with Gasteiger partial charge in [-0.3, -0.25) is 28.3 Å². The largest absolute Gasteiger partial charge is 0.494 e. The van der Waals surface area contributed by atoms with Crippen LogP contribution in [0.4, 0.5) is 79.3 Å². The summed E-state index contributed by atoms with van der Waals surface area (Å²) in [7, 11) is -6.05. The van der Waals surface area contributed by atoms with Crippen LogP contribution in [-0.2, 0) is 39.4 Å². The number of piperidine rings is 2. The number of ether oxygens (including phenoxy) is 2. The van der Waals surface area contributed by atoms with Gasteiger partial charge in [-0.15, -0.1) is 20.5 Å². The average molecular weight is 1500 g/mol. The Morgan fingerprint density at radius 2 is 0.961 bits per heavy atom. The van der Waals surface area contributed by atoms with Crippen molar-refractivity contribution in [3.05, 3.63) is 93.7 Å². The molecule has 2 amide bonds. The highest BCUT2D eigenvalue weighted by molar-refractivity contribution is 7.99. The van der Waals surface area contributed by atoms with Gasteiger partial charge in [-0.25, -0.2) is 0 Å². The summed E-state index contributed by atoms with van der Waals surface area (Å²) in [6.45, 7) is 15.8. The number of rotatable bonds is 30. The number of nitrogens with one attached hydrogen (secondary N) is 4. The molecule has 1 saturated carbocycles. The highest BCUT2D eigenvalue weighted by atomic mass is 32.2. The Morgan fingerprint density at radius 1 is 0.563 bits per heavy atom. The molecule has 0 bridgehead atoms. The molecule has 3 aliphatic rings. The number of aromatic nitrogens is 5. The molecular weight excluding hydrogens is 1420 g/mol. The van der Waals surface area contributed by atoms with E-state index >= 15 is 0 Å². The van der Waals surface area contributed by atoms with Gasteiger partial charge in [0, 0.05) is 81.1 Å². The van der Waals surface area contributed by atoms with Crippen molar-refractivity contribution < 1.29 is 54.6 Å². The summed E-state index contributed by atoms with van der Waals surface area (Å²) >= 11 is 3.79. The van der Waals surface area contributed by atoms with Gasteiger partial charge in [0.25, 0.3) is 32.1 Å². The van der Waals surface area contributed by atoms with Gasteiger partial charge in [-0.05, 0) is 154 Å². The number of nitrogens with zero attached hydrogens (tertiary/aromatic N) is 13. The van der Waals surface area contributed by atoms with Gasteiger partial charge >= 0.3 is 0 Å². The van der Waals surface area contributed by atoms with E-state index in [9.17, 15) is 45.1 Å². The molecule has 3 aromatic heterocycles. The van der Waals surface area contributed by atoms with Crippen molar-refractivity contribution in [2.75, 3.05) is 107 Å². The van der Waals surface area contributed by atoms with E-state index in [1.807, 2.05) is 39.8 Å². The minimum Gasteiger partial charge on any atom is -0.494 e. The molecule has 6 N–H and O–H groups in total. The maximum atomic E-state index is 13.9. The van der Waals surface area contributed by atoms with Crippen molar-refractivity contribution in [2.45, 2.75) is 132 Å². The lowest BCUT2D eigenvalue weighted by Gasteiger charge is -2.27. The predicted octanol–water partition coefficient (Wildman–Crippen LogP) is 14.9. The number of carbonyl (C=O) groups is 4. The SMILES string of the molecule is CCN(CC)c1cc(Nc2nc(Nc3cc(N(CC)CC)c(OC)cc3N=Nc3nc(N4CCCCC4)c(/C=C(\C(C)=O)C(=O)Nc4cccc(S(=O)(=O)O)c4)s3)nc(SC3CCCCC3)n2)c(N=Nc2nc(N3CCCCC3)c(/C=C(/C(C)=O)C(=O)Nc3cccc(S(=O)(=O)O)c3)s2)cc1OC. The lowest BCUT2D eigenvalue weighted by Crippen LogP contribution is -2.30. The average Bonchev–Trinajstić information content (AvgIpc) is 1.36. The number of ketones is 2. The van der Waals surface area contributed by atoms with Crippen molar-refractivity contribution in [1.82, 2.24) is 24.9 Å². The summed E-state index contributed by atoms with van der Waals surface area (Å²) < 4.78 is 79.3. The lowest BCUT2D eigenvalue weighted by molar-refractivity contribution is -0.120. The zero-order chi connectivity index (χ0) is 73.5. The summed E-state index contributed by atoms with van der Waals surface area (Å²) in [4.78, 5) is 87.9. The summed E-state index contributed by atoms with van der Waals surface area (Å²) in [5.74, 6) is -0.477. The van der Waals surface area contributed by atoms with Crippen LogP contribution in [-0.4, -0.2) is 146 Å². The zero-order valence-electron chi connectivity index (χ0n) is 58.4. The number of thioether (sulfide) groups is 1. The van der Waals surface area contributed by atoms with Crippen LogP contribution >= 0.6 is 34.4 Å². The number of benzene rings is 4. The fourth-order valence-electron chi connectivity index (χ4n) is 12.1. The first-order chi connectivity index (χ1) is 49.4. The Kier molecular flexibility index (Phi) is 25.8. The van der Waals surface area contributed by atoms with Crippen LogP contribution in [0.3, 0.4) is 0 Å². The van der Waals surface area contributed by atoms with Crippen molar-refractivity contribution in [1.29, 1.82) is 0 Å². The molecule has 0 atom stereocenters. The minimum absolute atomic E-state index is 0.0407. The lowest BCUT2D eigenvalue weighted by atomic mass is 10.0. The Hall–Kier alpha value is -9.32. The number of carbonyl (C=O) groups excluding carboxylic acids is 4. The van der Waals surface area contributed by atoms with Crippen LogP contribution in [0.1, 0.15) is 122 Å². The molecule has 29 nitrogen and oxygen atoms in total.